The molecule has 31 heteroatoms. The van der Waals surface area contributed by atoms with E-state index >= 15 is 0 Å². The fourth-order valence-electron chi connectivity index (χ4n) is 10.9. The molecule has 0 radical (unpaired) electrons. The summed E-state index contributed by atoms with van der Waals surface area (Å²) in [6.07, 6.45) is -5.09. The summed E-state index contributed by atoms with van der Waals surface area (Å²) in [5, 5.41) is 0. The molecule has 0 fully saturated rings. The predicted molar refractivity (Wildman–Crippen MR) is 370 cm³/mol. The second-order valence-electron chi connectivity index (χ2n) is 26.5. The number of carbonyl (C=O) groups is 4. The Morgan fingerprint density at radius 2 is 0.624 bits per heavy atom. The highest BCUT2D eigenvalue weighted by molar-refractivity contribution is 5.94. The maximum atomic E-state index is 14.8. The van der Waals surface area contributed by atoms with E-state index in [1.54, 1.807) is 12.1 Å². The molecule has 0 saturated carbocycles. The number of benzene rings is 4. The van der Waals surface area contributed by atoms with Crippen LogP contribution in [0.2, 0.25) is 0 Å². The van der Waals surface area contributed by atoms with Gasteiger partial charge in [0.25, 0.3) is 0 Å². The fraction of sp³-hybridized carbons (Fsp3) is 0.641. The van der Waals surface area contributed by atoms with Crippen LogP contribution < -0.4 is 33.2 Å². The van der Waals surface area contributed by atoms with E-state index in [2.05, 4.69) is 30.2 Å². The Morgan fingerprint density at radius 3 is 0.972 bits per heavy atom. The highest BCUT2D eigenvalue weighted by atomic mass is 19.4. The van der Waals surface area contributed by atoms with Crippen LogP contribution in [0.15, 0.2) is 84.9 Å². The van der Waals surface area contributed by atoms with E-state index in [0.717, 1.165) is 57.8 Å². The van der Waals surface area contributed by atoms with Gasteiger partial charge in [0, 0.05) is 6.42 Å². The molecule has 0 saturated heterocycles. The lowest BCUT2D eigenvalue weighted by Gasteiger charge is -2.40. The molecule has 4 rings (SSSR count). The first-order chi connectivity index (χ1) is 51.5. The molecule has 2 atom stereocenters. The molecule has 0 aliphatic rings. The highest BCUT2D eigenvalue weighted by Gasteiger charge is 2.85. The number of hydrogen-bond donors (Lipinski definition) is 0. The molecule has 4 aromatic rings. The smallest absolute Gasteiger partial charge is 0.462 e. The molecule has 0 spiro atoms. The van der Waals surface area contributed by atoms with E-state index in [4.69, 9.17) is 33.2 Å². The number of hydrogen-bond acceptors (Lipinski definition) is 14. The van der Waals surface area contributed by atoms with Crippen molar-refractivity contribution >= 4 is 23.9 Å². The monoisotopic (exact) mass is 1580 g/mol. The number of carbonyl (C=O) groups excluding carboxylic acids is 4. The first-order valence-corrected chi connectivity index (χ1v) is 37.5. The molecule has 0 aromatic heterocycles. The Labute approximate surface area is 625 Å². The highest BCUT2D eigenvalue weighted by Crippen LogP contribution is 2.57. The van der Waals surface area contributed by atoms with Crippen molar-refractivity contribution in [1.82, 2.24) is 0 Å². The minimum absolute atomic E-state index is 0.0250. The number of rotatable bonds is 57. The molecule has 0 N–H and O–H groups in total. The van der Waals surface area contributed by atoms with E-state index in [9.17, 15) is 93.8 Å². The van der Waals surface area contributed by atoms with Crippen molar-refractivity contribution in [2.75, 3.05) is 33.0 Å². The molecule has 2 unspecified atom stereocenters. The fourth-order valence-corrected chi connectivity index (χ4v) is 10.9. The summed E-state index contributed by atoms with van der Waals surface area (Å²) in [4.78, 5) is 52.4. The Morgan fingerprint density at radius 1 is 0.312 bits per heavy atom. The van der Waals surface area contributed by atoms with Crippen molar-refractivity contribution < 1.29 is 141 Å². The molecule has 0 aliphatic heterocycles. The lowest BCUT2D eigenvalue weighted by atomic mass is 10.1. The number of unbranched alkanes of at least 4 members (excludes halogenated alkanes) is 29. The molecular formula is C78H101F17O14. The molecule has 616 valence electrons. The molecule has 14 nitrogen and oxygen atoms in total. The van der Waals surface area contributed by atoms with E-state index < -0.39 is 85.3 Å². The van der Waals surface area contributed by atoms with Gasteiger partial charge in [-0.2, -0.15) is 74.6 Å². The summed E-state index contributed by atoms with van der Waals surface area (Å²) in [5.74, 6) is -25.0. The zero-order chi connectivity index (χ0) is 80.6. The van der Waals surface area contributed by atoms with Crippen LogP contribution >= 0.6 is 0 Å². The minimum atomic E-state index is -8.06. The Hall–Kier alpha value is -7.31. The van der Waals surface area contributed by atoms with Crippen LogP contribution in [-0.2, 0) is 19.0 Å². The first kappa shape index (κ1) is 94.1. The molecule has 0 bridgehead atoms. The van der Waals surface area contributed by atoms with Gasteiger partial charge in [-0.15, -0.1) is 0 Å². The van der Waals surface area contributed by atoms with Crippen LogP contribution in [-0.4, -0.2) is 105 Å². The second-order valence-corrected chi connectivity index (χ2v) is 26.5. The van der Waals surface area contributed by atoms with Gasteiger partial charge in [0.15, 0.2) is 18.1 Å². The maximum absolute atomic E-state index is 14.8. The van der Waals surface area contributed by atoms with Crippen molar-refractivity contribution in [3.8, 4) is 40.2 Å². The summed E-state index contributed by atoms with van der Waals surface area (Å²) < 4.78 is 278. The summed E-state index contributed by atoms with van der Waals surface area (Å²) >= 11 is 0. The number of esters is 4. The van der Waals surface area contributed by atoms with Crippen LogP contribution in [0.3, 0.4) is 0 Å². The lowest BCUT2D eigenvalue weighted by molar-refractivity contribution is -0.552. The molecular weight excluding hydrogens is 1480 g/mol. The standard InChI is InChI=1S/C78H101F17O14/c1-4-7-10-13-16-19-22-25-28-33-51-101-64-54-59(55-65(102-52-34-29-26-23-20-17-14-11-8-5-2)67(64)103-53-35-30-27-24-21-18-15-12-9-6-3)70(99)107-61-44-40-58(41-45-61)69(98)106-63-48-46-62(47-49-63)105-68(97)57-38-42-60(43-39-57)100-50-36-31-32-37-66(96)104-56-71(79,74(83,84)85)108-78(94,95)73(82,76(89,90)91)109-77(92,93)72(80,81)75(86,87)88/h38-49,54-55H,4-37,50-53,56H2,1-3H3. The summed E-state index contributed by atoms with van der Waals surface area (Å²) in [6, 6.07) is 19.7. The molecule has 0 amide bonds. The zero-order valence-electron chi connectivity index (χ0n) is 61.8. The normalized spacial score (nSPS) is 13.5. The zero-order valence-corrected chi connectivity index (χ0v) is 61.8. The van der Waals surface area contributed by atoms with Crippen LogP contribution in [0.25, 0.3) is 0 Å². The Bertz CT molecular complexity index is 3210. The average Bonchev–Trinajstić information content (AvgIpc) is 0.726. The van der Waals surface area contributed by atoms with Crippen LogP contribution in [0.5, 0.6) is 40.2 Å². The maximum Gasteiger partial charge on any atom is 0.462 e. The number of ether oxygens (including phenoxy) is 10. The SMILES string of the molecule is CCCCCCCCCCCCOc1cc(C(=O)Oc2ccc(C(=O)Oc3ccc(OC(=O)c4ccc(OCCCCCC(=O)OCC(F)(OC(F)(F)C(F)(OC(F)(F)C(F)(F)C(F)(F)F)C(F)(F)F)C(F)(F)F)cc4)cc3)cc2)cc(OCCCCCCCCCCCC)c1OCCCCCCCCCCCC. The summed E-state index contributed by atoms with van der Waals surface area (Å²) in [7, 11) is 0. The van der Waals surface area contributed by atoms with Crippen molar-refractivity contribution in [3.05, 3.63) is 102 Å². The Kier molecular flexibility index (Phi) is 40.7. The van der Waals surface area contributed by atoms with Crippen molar-refractivity contribution in [3.63, 3.8) is 0 Å². The van der Waals surface area contributed by atoms with E-state index in [1.165, 1.54) is 212 Å². The first-order valence-electron chi connectivity index (χ1n) is 37.5. The van der Waals surface area contributed by atoms with Gasteiger partial charge in [0.05, 0.1) is 43.1 Å². The quantitative estimate of drug-likeness (QED) is 0.0178. The summed E-state index contributed by atoms with van der Waals surface area (Å²) in [6.45, 7) is 4.55. The largest absolute Gasteiger partial charge is 0.494 e. The lowest BCUT2D eigenvalue weighted by Crippen LogP contribution is -2.67. The van der Waals surface area contributed by atoms with Gasteiger partial charge in [-0.05, 0) is 123 Å². The van der Waals surface area contributed by atoms with E-state index in [1.807, 2.05) is 0 Å². The number of alkyl halides is 17. The Balaban J connectivity index is 1.31. The van der Waals surface area contributed by atoms with Crippen molar-refractivity contribution in [2.45, 2.75) is 287 Å². The van der Waals surface area contributed by atoms with Gasteiger partial charge >= 0.3 is 72.3 Å². The third-order valence-corrected chi connectivity index (χ3v) is 17.3. The van der Waals surface area contributed by atoms with Crippen molar-refractivity contribution in [2.24, 2.45) is 0 Å². The van der Waals surface area contributed by atoms with E-state index in [0.29, 0.717) is 37.1 Å². The van der Waals surface area contributed by atoms with Gasteiger partial charge in [-0.25, -0.2) is 14.4 Å². The molecule has 0 heterocycles. The molecule has 0 aliphatic carbocycles. The van der Waals surface area contributed by atoms with Gasteiger partial charge in [-0.1, -0.05) is 194 Å². The van der Waals surface area contributed by atoms with Gasteiger partial charge in [0.1, 0.15) is 23.0 Å². The molecule has 109 heavy (non-hydrogen) atoms. The third-order valence-electron chi connectivity index (χ3n) is 17.3. The predicted octanol–water partition coefficient (Wildman–Crippen LogP) is 24.6. The summed E-state index contributed by atoms with van der Waals surface area (Å²) in [5.41, 5.74) is 0.312. The average molecular weight is 1590 g/mol. The van der Waals surface area contributed by atoms with Crippen LogP contribution in [0, 0.1) is 0 Å². The van der Waals surface area contributed by atoms with Crippen LogP contribution in [0.1, 0.15) is 270 Å². The minimum Gasteiger partial charge on any atom is -0.494 e. The van der Waals surface area contributed by atoms with E-state index in [-0.39, 0.29) is 65.6 Å². The van der Waals surface area contributed by atoms with Crippen molar-refractivity contribution in [1.29, 1.82) is 0 Å². The number of halogens is 17. The van der Waals surface area contributed by atoms with Crippen LogP contribution in [0.4, 0.5) is 74.6 Å². The molecule has 4 aromatic carbocycles. The van der Waals surface area contributed by atoms with Gasteiger partial charge in [-0.3, -0.25) is 14.3 Å². The third kappa shape index (κ3) is 32.5. The van der Waals surface area contributed by atoms with Gasteiger partial charge in [0.2, 0.25) is 5.75 Å². The second kappa shape index (κ2) is 47.1. The topological polar surface area (TPSA) is 161 Å². The van der Waals surface area contributed by atoms with Gasteiger partial charge < -0.3 is 37.9 Å².